The van der Waals surface area contributed by atoms with Gasteiger partial charge in [-0.25, -0.2) is 4.39 Å². The number of nitrogens with zero attached hydrogens (tertiary/aromatic N) is 2. The molecule has 0 aliphatic heterocycles. The van der Waals surface area contributed by atoms with Crippen molar-refractivity contribution >= 4 is 11.8 Å². The summed E-state index contributed by atoms with van der Waals surface area (Å²) in [6, 6.07) is 10.8. The molecule has 2 aromatic carbocycles. The van der Waals surface area contributed by atoms with E-state index in [4.69, 9.17) is 14.0 Å². The van der Waals surface area contributed by atoms with Crippen LogP contribution in [-0.4, -0.2) is 48.3 Å². The van der Waals surface area contributed by atoms with Crippen molar-refractivity contribution in [2.24, 2.45) is 0 Å². The Morgan fingerprint density at radius 1 is 0.969 bits per heavy atom. The number of benzene rings is 2. The maximum atomic E-state index is 13.8. The number of carbonyl (C=O) groups excluding carboxylic acids is 2. The fourth-order valence-electron chi connectivity index (χ4n) is 2.79. The van der Waals surface area contributed by atoms with E-state index in [1.165, 1.54) is 18.2 Å². The molecule has 0 fully saturated rings. The molecule has 1 heterocycles. The molecule has 0 saturated heterocycles. The molecule has 0 unspecified atom stereocenters. The smallest absolute Gasteiger partial charge is 0.316 e. The number of nitrogens with one attached hydrogen (secondary N) is 2. The van der Waals surface area contributed by atoms with Gasteiger partial charge in [-0.3, -0.25) is 9.59 Å². The van der Waals surface area contributed by atoms with Crippen LogP contribution in [0.25, 0.3) is 11.4 Å². The first-order chi connectivity index (χ1) is 15.5. The van der Waals surface area contributed by atoms with Crippen LogP contribution in [0.15, 0.2) is 47.0 Å². The second-order valence-corrected chi connectivity index (χ2v) is 6.44. The molecule has 2 N–H and O–H groups in total. The quantitative estimate of drug-likeness (QED) is 0.464. The Kier molecular flexibility index (Phi) is 7.74. The van der Waals surface area contributed by atoms with Crippen LogP contribution >= 0.6 is 0 Å². The van der Waals surface area contributed by atoms with E-state index in [0.717, 1.165) is 0 Å². The van der Waals surface area contributed by atoms with Gasteiger partial charge in [-0.2, -0.15) is 4.98 Å². The lowest BCUT2D eigenvalue weighted by Crippen LogP contribution is -2.34. The molecule has 0 radical (unpaired) electrons. The van der Waals surface area contributed by atoms with Crippen LogP contribution in [0.1, 0.15) is 34.9 Å². The molecular weight excluding hydrogens is 419 g/mol. The van der Waals surface area contributed by atoms with Crippen molar-refractivity contribution in [1.29, 1.82) is 0 Å². The van der Waals surface area contributed by atoms with Gasteiger partial charge in [0.05, 0.1) is 18.8 Å². The molecular formula is C22H23FN4O5. The maximum absolute atomic E-state index is 13.8. The second-order valence-electron chi connectivity index (χ2n) is 6.44. The number of hydrogen-bond acceptors (Lipinski definition) is 7. The zero-order valence-electron chi connectivity index (χ0n) is 17.7. The van der Waals surface area contributed by atoms with Crippen LogP contribution in [0.4, 0.5) is 4.39 Å². The fraction of sp³-hybridized carbons (Fsp3) is 0.273. The Hall–Kier alpha value is -3.95. The van der Waals surface area contributed by atoms with Gasteiger partial charge in [0, 0.05) is 18.7 Å². The molecule has 3 rings (SSSR count). The van der Waals surface area contributed by atoms with Crippen molar-refractivity contribution in [1.82, 2.24) is 20.8 Å². The third-order valence-electron chi connectivity index (χ3n) is 4.24. The highest BCUT2D eigenvalue weighted by molar-refractivity contribution is 5.95. The molecule has 3 aromatic rings. The van der Waals surface area contributed by atoms with E-state index >= 15 is 0 Å². The van der Waals surface area contributed by atoms with Gasteiger partial charge in [0.15, 0.2) is 11.5 Å². The van der Waals surface area contributed by atoms with Crippen molar-refractivity contribution in [3.8, 4) is 22.9 Å². The van der Waals surface area contributed by atoms with Crippen LogP contribution < -0.4 is 20.1 Å². The van der Waals surface area contributed by atoms with Gasteiger partial charge in [-0.1, -0.05) is 17.3 Å². The molecule has 32 heavy (non-hydrogen) atoms. The van der Waals surface area contributed by atoms with E-state index in [9.17, 15) is 14.0 Å². The predicted molar refractivity (Wildman–Crippen MR) is 113 cm³/mol. The number of halogens is 1. The summed E-state index contributed by atoms with van der Waals surface area (Å²) < 4.78 is 29.7. The summed E-state index contributed by atoms with van der Waals surface area (Å²) in [5, 5.41) is 8.88. The lowest BCUT2D eigenvalue weighted by Gasteiger charge is -2.12. The fourth-order valence-corrected chi connectivity index (χ4v) is 2.79. The highest BCUT2D eigenvalue weighted by Gasteiger charge is 2.18. The van der Waals surface area contributed by atoms with E-state index < -0.39 is 11.7 Å². The lowest BCUT2D eigenvalue weighted by atomic mass is 10.2. The third-order valence-corrected chi connectivity index (χ3v) is 4.24. The molecule has 168 valence electrons. The van der Waals surface area contributed by atoms with E-state index in [0.29, 0.717) is 30.3 Å². The van der Waals surface area contributed by atoms with Crippen LogP contribution in [0.5, 0.6) is 11.5 Å². The van der Waals surface area contributed by atoms with Gasteiger partial charge in [0.1, 0.15) is 5.82 Å². The monoisotopic (exact) mass is 442 g/mol. The molecule has 10 heteroatoms. The van der Waals surface area contributed by atoms with Crippen LogP contribution in [-0.2, 0) is 0 Å². The average molecular weight is 442 g/mol. The van der Waals surface area contributed by atoms with Gasteiger partial charge in [-0.05, 0) is 44.2 Å². The van der Waals surface area contributed by atoms with Crippen molar-refractivity contribution in [3.05, 3.63) is 59.7 Å². The summed E-state index contributed by atoms with van der Waals surface area (Å²) in [6.07, 6.45) is 0. The summed E-state index contributed by atoms with van der Waals surface area (Å²) in [5.41, 5.74) is 0.527. The van der Waals surface area contributed by atoms with Gasteiger partial charge in [0.25, 0.3) is 5.91 Å². The number of carbonyl (C=O) groups is 2. The summed E-state index contributed by atoms with van der Waals surface area (Å²) in [7, 11) is 0. The zero-order valence-corrected chi connectivity index (χ0v) is 17.7. The minimum absolute atomic E-state index is 0.0258. The van der Waals surface area contributed by atoms with E-state index in [-0.39, 0.29) is 36.3 Å². The third kappa shape index (κ3) is 5.60. The number of hydrogen-bond donors (Lipinski definition) is 2. The molecule has 0 atom stereocenters. The number of aromatic nitrogens is 2. The topological polar surface area (TPSA) is 116 Å². The molecule has 2 amide bonds. The average Bonchev–Trinajstić information content (AvgIpc) is 3.28. The van der Waals surface area contributed by atoms with Crippen molar-refractivity contribution < 1.29 is 28.0 Å². The molecule has 1 aromatic heterocycles. The van der Waals surface area contributed by atoms with E-state index in [2.05, 4.69) is 20.8 Å². The van der Waals surface area contributed by atoms with E-state index in [1.54, 1.807) is 24.3 Å². The molecule has 0 bridgehead atoms. The Balaban J connectivity index is 1.51. The summed E-state index contributed by atoms with van der Waals surface area (Å²) in [6.45, 7) is 4.90. The number of rotatable bonds is 10. The minimum Gasteiger partial charge on any atom is -0.490 e. The Labute approximate surface area is 183 Å². The zero-order chi connectivity index (χ0) is 22.9. The Bertz CT molecular complexity index is 1090. The maximum Gasteiger partial charge on any atom is 0.316 e. The Morgan fingerprint density at radius 2 is 1.66 bits per heavy atom. The summed E-state index contributed by atoms with van der Waals surface area (Å²) in [4.78, 5) is 28.5. The summed E-state index contributed by atoms with van der Waals surface area (Å²) >= 11 is 0. The first-order valence-electron chi connectivity index (χ1n) is 10.1. The van der Waals surface area contributed by atoms with Crippen LogP contribution in [0, 0.1) is 5.82 Å². The first kappa shape index (κ1) is 22.7. The SMILES string of the molecule is CCOc1ccc(C(=O)NCCNC(=O)c2nc(-c3ccccc3F)no2)cc1OCC. The predicted octanol–water partition coefficient (Wildman–Crippen LogP) is 2.83. The molecule has 0 spiro atoms. The summed E-state index contributed by atoms with van der Waals surface area (Å²) in [5.74, 6) is -0.767. The first-order valence-corrected chi connectivity index (χ1v) is 10.1. The van der Waals surface area contributed by atoms with Gasteiger partial charge in [0.2, 0.25) is 5.82 Å². The van der Waals surface area contributed by atoms with Crippen molar-refractivity contribution in [3.63, 3.8) is 0 Å². The number of ether oxygens (including phenoxy) is 2. The molecule has 0 aliphatic rings. The normalized spacial score (nSPS) is 10.5. The highest BCUT2D eigenvalue weighted by atomic mass is 19.1. The molecule has 0 saturated carbocycles. The minimum atomic E-state index is -0.631. The Morgan fingerprint density at radius 3 is 2.38 bits per heavy atom. The van der Waals surface area contributed by atoms with Crippen molar-refractivity contribution in [2.75, 3.05) is 26.3 Å². The largest absolute Gasteiger partial charge is 0.490 e. The van der Waals surface area contributed by atoms with Gasteiger partial charge in [-0.15, -0.1) is 0 Å². The van der Waals surface area contributed by atoms with Gasteiger partial charge >= 0.3 is 11.8 Å². The van der Waals surface area contributed by atoms with Gasteiger partial charge < -0.3 is 24.6 Å². The van der Waals surface area contributed by atoms with Crippen molar-refractivity contribution in [2.45, 2.75) is 13.8 Å². The van der Waals surface area contributed by atoms with Crippen LogP contribution in [0.3, 0.4) is 0 Å². The van der Waals surface area contributed by atoms with E-state index in [1.807, 2.05) is 13.8 Å². The molecule has 0 aliphatic carbocycles. The molecule has 9 nitrogen and oxygen atoms in total. The van der Waals surface area contributed by atoms with Crippen LogP contribution in [0.2, 0.25) is 0 Å². The second kappa shape index (κ2) is 10.9. The standard InChI is InChI=1S/C22H23FN4O5/c1-3-30-17-10-9-14(13-18(17)31-4-2)20(28)24-11-12-25-21(29)22-26-19(27-32-22)15-7-5-6-8-16(15)23/h5-10,13H,3-4,11-12H2,1-2H3,(H,24,28)(H,25,29). The lowest BCUT2D eigenvalue weighted by molar-refractivity contribution is 0.0898. The number of amides is 2. The highest BCUT2D eigenvalue weighted by Crippen LogP contribution is 2.28.